The lowest BCUT2D eigenvalue weighted by molar-refractivity contribution is -0.193. The average Bonchev–Trinajstić information content (AvgIpc) is 3.60. The molecule has 0 aliphatic carbocycles. The SMILES string of the molecule is CN(Cc1cccnc1)[C@@H]1CN(Cc2nccn2C)[C@@H]2CCCO[C@H]12.O=C(O)C(F)(F)F.O=C(O)C(F)(F)F.O=C(O)C(F)(F)F.O=C(O)C(F)(F)F. The number of aromatic nitrogens is 3. The zero-order valence-electron chi connectivity index (χ0n) is 27.0. The first-order chi connectivity index (χ1) is 24.0. The molecule has 2 aliphatic rings. The summed E-state index contributed by atoms with van der Waals surface area (Å²) >= 11 is 0. The van der Waals surface area contributed by atoms with Crippen LogP contribution in [0.3, 0.4) is 0 Å². The maximum Gasteiger partial charge on any atom is 0.490 e. The van der Waals surface area contributed by atoms with Crippen LogP contribution < -0.4 is 0 Å². The molecule has 26 heteroatoms. The topological polar surface area (TPSA) is 196 Å². The average molecular weight is 798 g/mol. The van der Waals surface area contributed by atoms with E-state index in [2.05, 4.69) is 44.5 Å². The van der Waals surface area contributed by atoms with Crippen LogP contribution in [0.25, 0.3) is 0 Å². The van der Waals surface area contributed by atoms with Gasteiger partial charge in [0.15, 0.2) is 0 Å². The predicted molar refractivity (Wildman–Crippen MR) is 151 cm³/mol. The molecular formula is C27H31F12N5O9. The Kier molecular flexibility index (Phi) is 18.7. The van der Waals surface area contributed by atoms with Crippen molar-refractivity contribution in [3.05, 3.63) is 48.3 Å². The highest BCUT2D eigenvalue weighted by molar-refractivity contribution is 5.74. The maximum absolute atomic E-state index is 10.6. The molecule has 0 bridgehead atoms. The summed E-state index contributed by atoms with van der Waals surface area (Å²) in [6, 6.07) is 5.05. The first-order valence-electron chi connectivity index (χ1n) is 14.1. The first-order valence-corrected chi connectivity index (χ1v) is 14.1. The largest absolute Gasteiger partial charge is 0.490 e. The monoisotopic (exact) mass is 797 g/mol. The second kappa shape index (κ2) is 20.5. The number of nitrogens with zero attached hydrogens (tertiary/aromatic N) is 5. The molecule has 2 aliphatic heterocycles. The number of hydrogen-bond acceptors (Lipinski definition) is 9. The van der Waals surface area contributed by atoms with Crippen LogP contribution in [0, 0.1) is 0 Å². The third-order valence-corrected chi connectivity index (χ3v) is 6.56. The summed E-state index contributed by atoms with van der Waals surface area (Å²) in [5.74, 6) is -9.90. The number of carboxylic acid groups (broad SMARTS) is 4. The second-order valence-electron chi connectivity index (χ2n) is 10.5. The molecule has 53 heavy (non-hydrogen) atoms. The van der Waals surface area contributed by atoms with Crippen LogP contribution in [0.4, 0.5) is 52.7 Å². The van der Waals surface area contributed by atoms with Gasteiger partial charge in [-0.15, -0.1) is 0 Å². The van der Waals surface area contributed by atoms with Gasteiger partial charge in [-0.2, -0.15) is 52.7 Å². The van der Waals surface area contributed by atoms with Crippen molar-refractivity contribution in [2.75, 3.05) is 20.2 Å². The highest BCUT2D eigenvalue weighted by Crippen LogP contribution is 2.32. The third kappa shape index (κ3) is 18.6. The van der Waals surface area contributed by atoms with Gasteiger partial charge in [0.1, 0.15) is 5.82 Å². The van der Waals surface area contributed by atoms with Gasteiger partial charge in [-0.25, -0.2) is 24.2 Å². The molecule has 2 saturated heterocycles. The molecule has 3 atom stereocenters. The molecule has 0 saturated carbocycles. The van der Waals surface area contributed by atoms with Gasteiger partial charge in [0, 0.05) is 57.6 Å². The van der Waals surface area contributed by atoms with E-state index in [0.717, 1.165) is 38.5 Å². The minimum atomic E-state index is -5.08. The molecule has 4 N–H and O–H groups in total. The maximum atomic E-state index is 10.6. The first kappa shape index (κ1) is 48.3. The van der Waals surface area contributed by atoms with Gasteiger partial charge in [-0.3, -0.25) is 14.8 Å². The van der Waals surface area contributed by atoms with Crippen LogP contribution >= 0.6 is 0 Å². The summed E-state index contributed by atoms with van der Waals surface area (Å²) < 4.78 is 135. The highest BCUT2D eigenvalue weighted by Gasteiger charge is 2.46. The fraction of sp³-hybridized carbons (Fsp3) is 0.556. The van der Waals surface area contributed by atoms with Crippen LogP contribution in [-0.2, 0) is 44.1 Å². The molecule has 0 aromatic carbocycles. The van der Waals surface area contributed by atoms with Crippen molar-refractivity contribution in [2.45, 2.75) is 68.8 Å². The molecule has 0 radical (unpaired) electrons. The number of likely N-dealkylation sites (tertiary alicyclic amines) is 1. The lowest BCUT2D eigenvalue weighted by atomic mass is 10.00. The molecule has 0 spiro atoms. The van der Waals surface area contributed by atoms with Gasteiger partial charge in [0.25, 0.3) is 0 Å². The number of aliphatic carboxylic acids is 4. The Morgan fingerprint density at radius 2 is 1.28 bits per heavy atom. The Bertz CT molecular complexity index is 1360. The lowest BCUT2D eigenvalue weighted by Crippen LogP contribution is -2.46. The minimum Gasteiger partial charge on any atom is -0.475 e. The molecule has 0 unspecified atom stereocenters. The number of hydrogen-bond donors (Lipinski definition) is 4. The number of aryl methyl sites for hydroxylation is 1. The third-order valence-electron chi connectivity index (χ3n) is 6.56. The van der Waals surface area contributed by atoms with Gasteiger partial charge in [0.2, 0.25) is 0 Å². The standard InChI is InChI=1S/C19H27N5O.4C2HF3O2/c1-22-9-8-21-18(22)14-24-13-17(19-16(24)6-4-10-25-19)23(2)12-15-5-3-7-20-11-15;4*3-2(4,5)1(6)7/h3,5,7-9,11,16-17,19H,4,6,10,12-14H2,1-2H3;4*(H,6,7)/t16-,17-,19+;;;;/m1..../s1. The Morgan fingerprint density at radius 1 is 0.830 bits per heavy atom. The molecule has 4 heterocycles. The number of likely N-dealkylation sites (N-methyl/N-ethyl adjacent to an activating group) is 1. The fourth-order valence-corrected chi connectivity index (χ4v) is 4.22. The Labute approximate surface area is 290 Å². The second-order valence-corrected chi connectivity index (χ2v) is 10.5. The Hall–Kier alpha value is -4.72. The van der Waals surface area contributed by atoms with Crippen LogP contribution in [0.2, 0.25) is 0 Å². The number of fused-ring (bicyclic) bond motifs is 1. The Morgan fingerprint density at radius 3 is 1.64 bits per heavy atom. The zero-order chi connectivity index (χ0) is 41.5. The quantitative estimate of drug-likeness (QED) is 0.315. The van der Waals surface area contributed by atoms with Crippen LogP contribution in [0.5, 0.6) is 0 Å². The van der Waals surface area contributed by atoms with Crippen molar-refractivity contribution in [3.63, 3.8) is 0 Å². The number of ether oxygens (including phenoxy) is 1. The van der Waals surface area contributed by atoms with Crippen molar-refractivity contribution in [2.24, 2.45) is 7.05 Å². The molecule has 302 valence electrons. The number of carbonyl (C=O) groups is 4. The summed E-state index contributed by atoms with van der Waals surface area (Å²) in [6.07, 6.45) is -10.00. The van der Waals surface area contributed by atoms with E-state index in [9.17, 15) is 52.7 Å². The van der Waals surface area contributed by atoms with E-state index in [-0.39, 0.29) is 6.10 Å². The van der Waals surface area contributed by atoms with E-state index in [1.165, 1.54) is 12.0 Å². The van der Waals surface area contributed by atoms with E-state index in [0.29, 0.717) is 12.1 Å². The molecule has 4 rings (SSSR count). The highest BCUT2D eigenvalue weighted by atomic mass is 19.4. The Balaban J connectivity index is 0.000000791. The van der Waals surface area contributed by atoms with E-state index in [1.54, 1.807) is 0 Å². The molecule has 2 aromatic rings. The summed E-state index contributed by atoms with van der Waals surface area (Å²) in [5, 5.41) is 28.5. The summed E-state index contributed by atoms with van der Waals surface area (Å²) in [4.78, 5) is 49.3. The van der Waals surface area contributed by atoms with Crippen molar-refractivity contribution >= 4 is 23.9 Å². The number of imidazole rings is 1. The number of alkyl halides is 12. The van der Waals surface area contributed by atoms with Crippen LogP contribution in [0.1, 0.15) is 24.2 Å². The van der Waals surface area contributed by atoms with Gasteiger partial charge >= 0.3 is 48.6 Å². The predicted octanol–water partition coefficient (Wildman–Crippen LogP) is 4.21. The number of halogens is 12. The minimum absolute atomic E-state index is 0.288. The van der Waals surface area contributed by atoms with Crippen molar-refractivity contribution in [1.29, 1.82) is 0 Å². The normalized spacial score (nSPS) is 18.7. The fourth-order valence-electron chi connectivity index (χ4n) is 4.22. The lowest BCUT2D eigenvalue weighted by Gasteiger charge is -2.34. The number of pyridine rings is 1. The van der Waals surface area contributed by atoms with E-state index >= 15 is 0 Å². The van der Waals surface area contributed by atoms with E-state index < -0.39 is 48.6 Å². The smallest absolute Gasteiger partial charge is 0.475 e. The summed E-state index contributed by atoms with van der Waals surface area (Å²) in [6.45, 7) is 3.71. The van der Waals surface area contributed by atoms with Crippen molar-refractivity contribution in [3.8, 4) is 0 Å². The van der Waals surface area contributed by atoms with Crippen molar-refractivity contribution < 1.29 is 97.0 Å². The molecular weight excluding hydrogens is 766 g/mol. The van der Waals surface area contributed by atoms with Crippen LogP contribution in [0.15, 0.2) is 36.9 Å². The van der Waals surface area contributed by atoms with Gasteiger partial charge < -0.3 is 29.7 Å². The molecule has 0 amide bonds. The van der Waals surface area contributed by atoms with Crippen molar-refractivity contribution in [1.82, 2.24) is 24.3 Å². The summed E-state index contributed by atoms with van der Waals surface area (Å²) in [5.41, 5.74) is 1.25. The molecule has 2 fully saturated rings. The van der Waals surface area contributed by atoms with Gasteiger partial charge in [-0.1, -0.05) is 6.07 Å². The number of carboxylic acids is 4. The van der Waals surface area contributed by atoms with Crippen LogP contribution in [-0.4, -0.2) is 132 Å². The van der Waals surface area contributed by atoms with E-state index in [4.69, 9.17) is 44.3 Å². The zero-order valence-corrected chi connectivity index (χ0v) is 27.0. The molecule has 14 nitrogen and oxygen atoms in total. The van der Waals surface area contributed by atoms with E-state index in [1.807, 2.05) is 30.9 Å². The van der Waals surface area contributed by atoms with Gasteiger partial charge in [-0.05, 0) is 31.5 Å². The molecule has 2 aromatic heterocycles. The summed E-state index contributed by atoms with van der Waals surface area (Å²) in [7, 11) is 4.27. The van der Waals surface area contributed by atoms with Gasteiger partial charge in [0.05, 0.1) is 18.7 Å². The number of rotatable bonds is 5.